The molecule has 576 valence electrons. The number of allylic oxidation sites excluding steroid dienone is 6. The maximum absolute atomic E-state index is 13.1. The molecule has 0 fully saturated rings. The molecule has 0 aromatic rings. The summed E-state index contributed by atoms with van der Waals surface area (Å²) in [6.07, 6.45) is 68.3. The largest absolute Gasteiger partial charge is 0.472 e. The highest BCUT2D eigenvalue weighted by Crippen LogP contribution is 2.45. The van der Waals surface area contributed by atoms with Crippen LogP contribution in [0.15, 0.2) is 36.5 Å². The third-order valence-electron chi connectivity index (χ3n) is 17.6. The van der Waals surface area contributed by atoms with Gasteiger partial charge in [-0.25, -0.2) is 9.13 Å². The molecule has 0 saturated heterocycles. The van der Waals surface area contributed by atoms with Crippen LogP contribution in [0.2, 0.25) is 0 Å². The molecule has 17 nitrogen and oxygen atoms in total. The molecule has 0 aliphatic rings. The maximum Gasteiger partial charge on any atom is 0.472 e. The van der Waals surface area contributed by atoms with E-state index in [2.05, 4.69) is 64.2 Å². The lowest BCUT2D eigenvalue weighted by atomic mass is 10.0. The van der Waals surface area contributed by atoms with Crippen molar-refractivity contribution < 1.29 is 80.2 Å². The Kier molecular flexibility index (Phi) is 70.6. The van der Waals surface area contributed by atoms with Crippen LogP contribution in [0.5, 0.6) is 0 Å². The van der Waals surface area contributed by atoms with E-state index in [0.29, 0.717) is 25.7 Å². The van der Waals surface area contributed by atoms with Gasteiger partial charge in [0.05, 0.1) is 26.4 Å². The molecule has 0 saturated carbocycles. The van der Waals surface area contributed by atoms with Crippen molar-refractivity contribution in [2.75, 3.05) is 39.6 Å². The van der Waals surface area contributed by atoms with Gasteiger partial charge in [-0.3, -0.25) is 37.3 Å². The van der Waals surface area contributed by atoms with E-state index in [-0.39, 0.29) is 25.7 Å². The molecule has 5 atom stereocenters. The van der Waals surface area contributed by atoms with Gasteiger partial charge in [-0.2, -0.15) is 0 Å². The minimum atomic E-state index is -4.97. The third kappa shape index (κ3) is 71.7. The van der Waals surface area contributed by atoms with E-state index >= 15 is 0 Å². The Hall–Kier alpha value is -2.72. The van der Waals surface area contributed by atoms with Gasteiger partial charge >= 0.3 is 39.5 Å². The number of carbonyl (C=O) groups is 4. The zero-order valence-corrected chi connectivity index (χ0v) is 64.8. The fourth-order valence-corrected chi connectivity index (χ4v) is 13.0. The van der Waals surface area contributed by atoms with Crippen molar-refractivity contribution in [3.8, 4) is 0 Å². The normalized spacial score (nSPS) is 14.1. The number of aliphatic hydroxyl groups is 1. The molecule has 2 unspecified atom stereocenters. The van der Waals surface area contributed by atoms with E-state index in [1.165, 1.54) is 161 Å². The average molecular weight is 1430 g/mol. The van der Waals surface area contributed by atoms with Gasteiger partial charge in [-0.15, -0.1) is 0 Å². The third-order valence-corrected chi connectivity index (χ3v) is 19.5. The van der Waals surface area contributed by atoms with E-state index in [4.69, 9.17) is 37.0 Å². The minimum absolute atomic E-state index is 0.0927. The van der Waals surface area contributed by atoms with Crippen LogP contribution in [0, 0.1) is 0 Å². The Bertz CT molecular complexity index is 2000. The fraction of sp³-hybridized carbons (Fsp3) is 0.873. The van der Waals surface area contributed by atoms with Gasteiger partial charge in [0.1, 0.15) is 19.3 Å². The van der Waals surface area contributed by atoms with Gasteiger partial charge in [-0.05, 0) is 103 Å². The summed E-state index contributed by atoms with van der Waals surface area (Å²) in [5.74, 6) is -2.15. The number of unbranched alkanes of at least 4 members (excludes halogenated alkanes) is 45. The number of phosphoric acid groups is 2. The van der Waals surface area contributed by atoms with Crippen LogP contribution in [0.4, 0.5) is 0 Å². The maximum atomic E-state index is 13.1. The summed E-state index contributed by atoms with van der Waals surface area (Å²) >= 11 is 0. The van der Waals surface area contributed by atoms with Crippen molar-refractivity contribution in [3.63, 3.8) is 0 Å². The van der Waals surface area contributed by atoms with Crippen molar-refractivity contribution in [3.05, 3.63) is 36.5 Å². The average Bonchev–Trinajstić information content (AvgIpc) is 1.05. The van der Waals surface area contributed by atoms with Crippen LogP contribution in [-0.4, -0.2) is 96.7 Å². The van der Waals surface area contributed by atoms with Crippen LogP contribution in [-0.2, 0) is 65.4 Å². The number of hydrogen-bond donors (Lipinski definition) is 3. The molecule has 0 aliphatic carbocycles. The molecule has 98 heavy (non-hydrogen) atoms. The first kappa shape index (κ1) is 95.3. The number of hydrogen-bond acceptors (Lipinski definition) is 15. The lowest BCUT2D eigenvalue weighted by molar-refractivity contribution is -0.161. The van der Waals surface area contributed by atoms with E-state index in [1.807, 2.05) is 0 Å². The highest BCUT2D eigenvalue weighted by atomic mass is 31.2. The van der Waals surface area contributed by atoms with Gasteiger partial charge in [-0.1, -0.05) is 295 Å². The van der Waals surface area contributed by atoms with Crippen molar-refractivity contribution in [2.45, 2.75) is 406 Å². The molecule has 0 aromatic carbocycles. The molecule has 0 aliphatic heterocycles. The molecule has 0 radical (unpaired) electrons. The fourth-order valence-electron chi connectivity index (χ4n) is 11.4. The monoisotopic (exact) mass is 1430 g/mol. The van der Waals surface area contributed by atoms with Crippen LogP contribution in [0.1, 0.15) is 387 Å². The molecule has 0 bridgehead atoms. The Morgan fingerprint density at radius 1 is 0.276 bits per heavy atom. The zero-order valence-electron chi connectivity index (χ0n) is 63.0. The van der Waals surface area contributed by atoms with Crippen LogP contribution < -0.4 is 0 Å². The molecule has 0 rings (SSSR count). The van der Waals surface area contributed by atoms with E-state index in [0.717, 1.165) is 148 Å². The molecule has 19 heteroatoms. The van der Waals surface area contributed by atoms with Gasteiger partial charge in [0.15, 0.2) is 12.2 Å². The lowest BCUT2D eigenvalue weighted by Gasteiger charge is -2.21. The standard InChI is InChI=1S/C79H148O17P2/c1-5-9-13-17-21-25-29-33-36-40-44-48-52-56-60-64-77(82)90-70-75(96-79(84)66-62-58-54-50-46-42-38-35-31-27-23-19-15-11-7-3)72-94-98(87,88)92-68-73(80)67-91-97(85,86)93-71-74(69-89-76(81)63-59-55-51-47-43-39-32-28-24-20-16-12-8-4)95-78(83)65-61-57-53-49-45-41-37-34-30-26-22-18-14-10-6-2/h26,28,30,32,35,38,73-75,80H,5-25,27,29,31,33-34,36-37,39-72H2,1-4H3,(H,85,86)(H,87,88)/b30-26-,32-28-,38-35-/t73-,74-,75-/m1/s1. The summed E-state index contributed by atoms with van der Waals surface area (Å²) in [7, 11) is -9.93. The van der Waals surface area contributed by atoms with Crippen molar-refractivity contribution in [2.24, 2.45) is 0 Å². The molecular formula is C79H148O17P2. The number of carbonyl (C=O) groups excluding carboxylic acids is 4. The molecule has 0 spiro atoms. The predicted octanol–water partition coefficient (Wildman–Crippen LogP) is 23.1. The van der Waals surface area contributed by atoms with E-state index in [9.17, 15) is 43.2 Å². The van der Waals surface area contributed by atoms with Crippen LogP contribution in [0.25, 0.3) is 0 Å². The first-order chi connectivity index (χ1) is 47.7. The highest BCUT2D eigenvalue weighted by molar-refractivity contribution is 7.47. The summed E-state index contributed by atoms with van der Waals surface area (Å²) < 4.78 is 68.6. The summed E-state index contributed by atoms with van der Waals surface area (Å²) in [6, 6.07) is 0. The highest BCUT2D eigenvalue weighted by Gasteiger charge is 2.30. The Labute approximate surface area is 598 Å². The zero-order chi connectivity index (χ0) is 71.8. The van der Waals surface area contributed by atoms with Gasteiger partial charge in [0.2, 0.25) is 0 Å². The summed E-state index contributed by atoms with van der Waals surface area (Å²) in [4.78, 5) is 72.9. The molecular weight excluding hydrogens is 1280 g/mol. The summed E-state index contributed by atoms with van der Waals surface area (Å²) in [6.45, 7) is 4.91. The number of phosphoric ester groups is 2. The molecule has 3 N–H and O–H groups in total. The number of esters is 4. The second-order valence-electron chi connectivity index (χ2n) is 27.4. The Morgan fingerprint density at radius 2 is 0.469 bits per heavy atom. The number of aliphatic hydroxyl groups excluding tert-OH is 1. The number of rotatable bonds is 77. The second kappa shape index (κ2) is 72.6. The molecule has 0 amide bonds. The van der Waals surface area contributed by atoms with Gasteiger partial charge in [0.25, 0.3) is 0 Å². The van der Waals surface area contributed by atoms with Crippen molar-refractivity contribution in [1.29, 1.82) is 0 Å². The smallest absolute Gasteiger partial charge is 0.462 e. The minimum Gasteiger partial charge on any atom is -0.462 e. The first-order valence-corrected chi connectivity index (χ1v) is 43.2. The number of ether oxygens (including phenoxy) is 4. The first-order valence-electron chi connectivity index (χ1n) is 40.2. The topological polar surface area (TPSA) is 237 Å². The molecule has 0 aromatic heterocycles. The molecule has 0 heterocycles. The van der Waals surface area contributed by atoms with E-state index in [1.54, 1.807) is 0 Å². The van der Waals surface area contributed by atoms with E-state index < -0.39 is 97.5 Å². The summed E-state index contributed by atoms with van der Waals surface area (Å²) in [5, 5.41) is 10.6. The quantitative estimate of drug-likeness (QED) is 0.0169. The van der Waals surface area contributed by atoms with Gasteiger partial charge < -0.3 is 33.8 Å². The SMILES string of the molecule is CCCCCC/C=C\CCCCCCCCCC(=O)O[C@H](COC(=O)CCCCCCC/C=C\CCCCCC)COP(=O)(O)OC[C@@H](O)COP(=O)(O)OC[C@@H](COC(=O)CCCCCCCCCCCCCCCCC)OC(=O)CCCCCCC/C=C\CCCCCCCC. The van der Waals surface area contributed by atoms with Crippen molar-refractivity contribution in [1.82, 2.24) is 0 Å². The Morgan fingerprint density at radius 3 is 0.714 bits per heavy atom. The van der Waals surface area contributed by atoms with Crippen molar-refractivity contribution >= 4 is 39.5 Å². The van der Waals surface area contributed by atoms with Crippen LogP contribution in [0.3, 0.4) is 0 Å². The predicted molar refractivity (Wildman–Crippen MR) is 400 cm³/mol. The van der Waals surface area contributed by atoms with Gasteiger partial charge in [0, 0.05) is 25.7 Å². The lowest BCUT2D eigenvalue weighted by Crippen LogP contribution is -2.30. The summed E-state index contributed by atoms with van der Waals surface area (Å²) in [5.41, 5.74) is 0. The van der Waals surface area contributed by atoms with Crippen LogP contribution >= 0.6 is 15.6 Å². The second-order valence-corrected chi connectivity index (χ2v) is 30.3. The Balaban J connectivity index is 5.31.